The van der Waals surface area contributed by atoms with Gasteiger partial charge in [-0.3, -0.25) is 4.79 Å². The number of fused-ring (bicyclic) bond motifs is 2. The Bertz CT molecular complexity index is 1090. The number of hydrogen-bond acceptors (Lipinski definition) is 3. The van der Waals surface area contributed by atoms with E-state index in [1.165, 1.54) is 0 Å². The molecule has 0 fully saturated rings. The molecule has 4 nitrogen and oxygen atoms in total. The smallest absolute Gasteiger partial charge is 0.258 e. The molecule has 0 spiro atoms. The molecule has 0 aromatic heterocycles. The number of nitrogens with one attached hydrogen (secondary N) is 1. The van der Waals surface area contributed by atoms with E-state index < -0.39 is 0 Å². The molecular formula is C25H26N2O2. The Balaban J connectivity index is 1.92. The van der Waals surface area contributed by atoms with Crippen molar-refractivity contribution in [2.24, 2.45) is 0 Å². The third-order valence-corrected chi connectivity index (χ3v) is 5.20. The van der Waals surface area contributed by atoms with Crippen molar-refractivity contribution in [1.82, 2.24) is 4.90 Å². The third kappa shape index (κ3) is 3.46. The van der Waals surface area contributed by atoms with Crippen molar-refractivity contribution >= 4 is 22.4 Å². The number of ether oxygens (including phenoxy) is 1. The van der Waals surface area contributed by atoms with Crippen LogP contribution in [0.15, 0.2) is 72.8 Å². The first-order chi connectivity index (χ1) is 14.0. The molecule has 3 aromatic rings. The summed E-state index contributed by atoms with van der Waals surface area (Å²) >= 11 is 0. The second-order valence-corrected chi connectivity index (χ2v) is 7.84. The molecule has 1 aliphatic heterocycles. The number of amides is 1. The van der Waals surface area contributed by atoms with Crippen LogP contribution >= 0.6 is 0 Å². The van der Waals surface area contributed by atoms with E-state index in [2.05, 4.69) is 30.1 Å². The van der Waals surface area contributed by atoms with Crippen molar-refractivity contribution in [1.29, 1.82) is 0 Å². The standard InChI is InChI=1S/C25H26N2O2/c1-16(2)15-29-22-14-13-18-9-5-6-10-19(18)23(22)24-26-21-12-8-7-11-20(21)25(28)27(24)17(3)4/h5-14,17,24,26H,1,15H2,2-4H3. The van der Waals surface area contributed by atoms with Gasteiger partial charge in [0.1, 0.15) is 18.5 Å². The molecule has 1 unspecified atom stereocenters. The highest BCUT2D eigenvalue weighted by molar-refractivity contribution is 6.02. The summed E-state index contributed by atoms with van der Waals surface area (Å²) in [6, 6.07) is 20.0. The molecular weight excluding hydrogens is 360 g/mol. The molecule has 1 N–H and O–H groups in total. The molecule has 4 heteroatoms. The third-order valence-electron chi connectivity index (χ3n) is 5.20. The maximum Gasteiger partial charge on any atom is 0.258 e. The lowest BCUT2D eigenvalue weighted by molar-refractivity contribution is 0.0615. The first kappa shape index (κ1) is 19.1. The minimum absolute atomic E-state index is 0.0151. The van der Waals surface area contributed by atoms with Crippen LogP contribution in [0.3, 0.4) is 0 Å². The van der Waals surface area contributed by atoms with Crippen LogP contribution in [0.2, 0.25) is 0 Å². The van der Waals surface area contributed by atoms with Crippen LogP contribution in [0.25, 0.3) is 10.8 Å². The van der Waals surface area contributed by atoms with Crippen LogP contribution in [0, 0.1) is 0 Å². The van der Waals surface area contributed by atoms with Gasteiger partial charge in [-0.15, -0.1) is 0 Å². The fourth-order valence-electron chi connectivity index (χ4n) is 3.90. The lowest BCUT2D eigenvalue weighted by atomic mass is 9.96. The molecule has 148 valence electrons. The predicted molar refractivity (Wildman–Crippen MR) is 118 cm³/mol. The number of hydrogen-bond donors (Lipinski definition) is 1. The average Bonchev–Trinajstić information content (AvgIpc) is 2.71. The van der Waals surface area contributed by atoms with Crippen LogP contribution in [0.5, 0.6) is 5.75 Å². The van der Waals surface area contributed by atoms with Gasteiger partial charge in [-0.05, 0) is 55.3 Å². The summed E-state index contributed by atoms with van der Waals surface area (Å²) in [7, 11) is 0. The van der Waals surface area contributed by atoms with E-state index in [1.807, 2.05) is 68.1 Å². The van der Waals surface area contributed by atoms with Gasteiger partial charge in [0.05, 0.1) is 5.56 Å². The van der Waals surface area contributed by atoms with Gasteiger partial charge in [0.15, 0.2) is 0 Å². The minimum atomic E-state index is -0.330. The first-order valence-corrected chi connectivity index (χ1v) is 9.94. The van der Waals surface area contributed by atoms with E-state index >= 15 is 0 Å². The summed E-state index contributed by atoms with van der Waals surface area (Å²) in [5.74, 6) is 0.792. The highest BCUT2D eigenvalue weighted by atomic mass is 16.5. The first-order valence-electron chi connectivity index (χ1n) is 9.94. The Kier molecular flexibility index (Phi) is 5.01. The van der Waals surface area contributed by atoms with Gasteiger partial charge in [0, 0.05) is 17.3 Å². The van der Waals surface area contributed by atoms with Crippen molar-refractivity contribution in [3.63, 3.8) is 0 Å². The maximum atomic E-state index is 13.4. The summed E-state index contributed by atoms with van der Waals surface area (Å²) in [6.07, 6.45) is -0.330. The van der Waals surface area contributed by atoms with Crippen molar-refractivity contribution in [2.45, 2.75) is 33.0 Å². The van der Waals surface area contributed by atoms with Crippen LogP contribution in [-0.2, 0) is 0 Å². The van der Waals surface area contributed by atoms with Crippen molar-refractivity contribution in [2.75, 3.05) is 11.9 Å². The maximum absolute atomic E-state index is 13.4. The summed E-state index contributed by atoms with van der Waals surface area (Å²) < 4.78 is 6.13. The fraction of sp³-hybridized carbons (Fsp3) is 0.240. The number of nitrogens with zero attached hydrogens (tertiary/aromatic N) is 1. The Morgan fingerprint density at radius 2 is 1.83 bits per heavy atom. The van der Waals surface area contributed by atoms with Crippen LogP contribution < -0.4 is 10.1 Å². The van der Waals surface area contributed by atoms with Crippen molar-refractivity contribution in [3.8, 4) is 5.75 Å². The number of rotatable bonds is 5. The number of carbonyl (C=O) groups is 1. The number of para-hydroxylation sites is 1. The summed E-state index contributed by atoms with van der Waals surface area (Å²) in [6.45, 7) is 10.4. The van der Waals surface area contributed by atoms with Gasteiger partial charge in [0.2, 0.25) is 0 Å². The summed E-state index contributed by atoms with van der Waals surface area (Å²) in [4.78, 5) is 15.3. The summed E-state index contributed by atoms with van der Waals surface area (Å²) in [5, 5.41) is 5.78. The fourth-order valence-corrected chi connectivity index (χ4v) is 3.90. The predicted octanol–water partition coefficient (Wildman–Crippen LogP) is 5.77. The quantitative estimate of drug-likeness (QED) is 0.566. The van der Waals surface area contributed by atoms with Crippen molar-refractivity contribution < 1.29 is 9.53 Å². The Morgan fingerprint density at radius 3 is 2.59 bits per heavy atom. The molecule has 4 rings (SSSR count). The molecule has 1 aliphatic rings. The molecule has 0 saturated carbocycles. The van der Waals surface area contributed by atoms with E-state index in [4.69, 9.17) is 4.74 Å². The molecule has 0 bridgehead atoms. The lowest BCUT2D eigenvalue weighted by Gasteiger charge is -2.41. The zero-order valence-corrected chi connectivity index (χ0v) is 17.1. The van der Waals surface area contributed by atoms with Gasteiger partial charge < -0.3 is 15.0 Å². The van der Waals surface area contributed by atoms with Gasteiger partial charge in [-0.1, -0.05) is 49.0 Å². The van der Waals surface area contributed by atoms with Gasteiger partial charge in [-0.2, -0.15) is 0 Å². The van der Waals surface area contributed by atoms with Gasteiger partial charge in [0.25, 0.3) is 5.91 Å². The average molecular weight is 386 g/mol. The van der Waals surface area contributed by atoms with Crippen LogP contribution in [0.4, 0.5) is 5.69 Å². The van der Waals surface area contributed by atoms with Crippen LogP contribution in [0.1, 0.15) is 42.9 Å². The highest BCUT2D eigenvalue weighted by Crippen LogP contribution is 2.41. The number of carbonyl (C=O) groups excluding carboxylic acids is 1. The molecule has 3 aromatic carbocycles. The van der Waals surface area contributed by atoms with E-state index in [0.29, 0.717) is 12.2 Å². The van der Waals surface area contributed by atoms with Gasteiger partial charge >= 0.3 is 0 Å². The minimum Gasteiger partial charge on any atom is -0.489 e. The molecule has 29 heavy (non-hydrogen) atoms. The number of benzene rings is 3. The number of anilines is 1. The van der Waals surface area contributed by atoms with Crippen LogP contribution in [-0.4, -0.2) is 23.5 Å². The van der Waals surface area contributed by atoms with Gasteiger partial charge in [-0.25, -0.2) is 0 Å². The highest BCUT2D eigenvalue weighted by Gasteiger charge is 2.36. The Labute approximate surface area is 171 Å². The Hall–Kier alpha value is -3.27. The largest absolute Gasteiger partial charge is 0.489 e. The summed E-state index contributed by atoms with van der Waals surface area (Å²) in [5.41, 5.74) is 3.46. The van der Waals surface area contributed by atoms with E-state index in [1.54, 1.807) is 0 Å². The normalized spacial score (nSPS) is 15.9. The molecule has 0 saturated heterocycles. The Morgan fingerprint density at radius 1 is 1.10 bits per heavy atom. The SMILES string of the molecule is C=C(C)COc1ccc2ccccc2c1C1Nc2ccccc2C(=O)N1C(C)C. The molecule has 0 radical (unpaired) electrons. The second kappa shape index (κ2) is 7.63. The zero-order valence-electron chi connectivity index (χ0n) is 17.1. The molecule has 1 heterocycles. The molecule has 1 atom stereocenters. The topological polar surface area (TPSA) is 41.6 Å². The molecule has 0 aliphatic carbocycles. The zero-order chi connectivity index (χ0) is 20.5. The van der Waals surface area contributed by atoms with Crippen molar-refractivity contribution in [3.05, 3.63) is 83.9 Å². The second-order valence-electron chi connectivity index (χ2n) is 7.84. The van der Waals surface area contributed by atoms with E-state index in [9.17, 15) is 4.79 Å². The molecule has 1 amide bonds. The monoisotopic (exact) mass is 386 g/mol. The lowest BCUT2D eigenvalue weighted by Crippen LogP contribution is -2.46. The van der Waals surface area contributed by atoms with E-state index in [0.717, 1.165) is 33.3 Å². The van der Waals surface area contributed by atoms with E-state index in [-0.39, 0.29) is 18.1 Å².